The summed E-state index contributed by atoms with van der Waals surface area (Å²) in [6, 6.07) is 9.44. The predicted octanol–water partition coefficient (Wildman–Crippen LogP) is 4.70. The molecular formula is C20H21N3O2S. The average Bonchev–Trinajstić information content (AvgIpc) is 3.17. The number of nitrogens with zero attached hydrogens (tertiary/aromatic N) is 2. The number of thiophene rings is 1. The highest BCUT2D eigenvalue weighted by molar-refractivity contribution is 7.08. The summed E-state index contributed by atoms with van der Waals surface area (Å²) in [6.07, 6.45) is 1.71. The number of carboxylic acids is 1. The van der Waals surface area contributed by atoms with E-state index in [1.165, 1.54) is 0 Å². The van der Waals surface area contributed by atoms with Crippen molar-refractivity contribution in [3.8, 4) is 11.4 Å². The summed E-state index contributed by atoms with van der Waals surface area (Å²) in [6.45, 7) is 4.20. The highest BCUT2D eigenvalue weighted by Crippen LogP contribution is 2.27. The largest absolute Gasteiger partial charge is 0.481 e. The normalized spacial score (nSPS) is 10.7. The highest BCUT2D eigenvalue weighted by atomic mass is 32.1. The van der Waals surface area contributed by atoms with Crippen molar-refractivity contribution in [2.45, 2.75) is 33.1 Å². The van der Waals surface area contributed by atoms with Crippen molar-refractivity contribution in [2.75, 3.05) is 5.32 Å². The fourth-order valence-corrected chi connectivity index (χ4v) is 3.47. The van der Waals surface area contributed by atoms with Gasteiger partial charge >= 0.3 is 5.97 Å². The molecule has 134 valence electrons. The van der Waals surface area contributed by atoms with Crippen LogP contribution in [0.2, 0.25) is 0 Å². The van der Waals surface area contributed by atoms with E-state index in [0.29, 0.717) is 0 Å². The number of aromatic nitrogens is 2. The minimum absolute atomic E-state index is 0.0241. The van der Waals surface area contributed by atoms with Crippen molar-refractivity contribution < 1.29 is 9.90 Å². The Balaban J connectivity index is 1.95. The van der Waals surface area contributed by atoms with E-state index in [1.54, 1.807) is 11.3 Å². The van der Waals surface area contributed by atoms with E-state index in [0.717, 1.165) is 52.6 Å². The lowest BCUT2D eigenvalue weighted by Crippen LogP contribution is -2.07. The number of nitrogens with one attached hydrogen (secondary N) is 1. The van der Waals surface area contributed by atoms with Gasteiger partial charge in [-0.3, -0.25) is 4.79 Å². The molecule has 3 aromatic rings. The molecule has 0 spiro atoms. The molecule has 1 aromatic carbocycles. The van der Waals surface area contributed by atoms with Crippen LogP contribution in [0.3, 0.4) is 0 Å². The summed E-state index contributed by atoms with van der Waals surface area (Å²) >= 11 is 1.63. The Hall–Kier alpha value is -2.73. The molecule has 0 saturated heterocycles. The van der Waals surface area contributed by atoms with Crippen molar-refractivity contribution in [2.24, 2.45) is 0 Å². The van der Waals surface area contributed by atoms with Crippen LogP contribution in [0.5, 0.6) is 0 Å². The standard InChI is InChI=1S/C20H21N3O2S/c1-3-16-17(4-2)22-19(14-9-10-26-12-14)23-20(16)21-15-7-5-13(6-8-15)11-18(24)25/h5-10,12H,3-4,11H2,1-2H3,(H,24,25)(H,21,22,23). The third-order valence-electron chi connectivity index (χ3n) is 4.13. The zero-order chi connectivity index (χ0) is 18.5. The second kappa shape index (κ2) is 8.10. The first-order chi connectivity index (χ1) is 12.6. The first-order valence-corrected chi connectivity index (χ1v) is 9.55. The number of aryl methyl sites for hydroxylation is 1. The molecule has 26 heavy (non-hydrogen) atoms. The maximum absolute atomic E-state index is 10.8. The van der Waals surface area contributed by atoms with E-state index in [2.05, 4.69) is 19.2 Å². The molecule has 0 amide bonds. The van der Waals surface area contributed by atoms with Gasteiger partial charge in [0.05, 0.1) is 6.42 Å². The lowest BCUT2D eigenvalue weighted by molar-refractivity contribution is -0.136. The Labute approximate surface area is 156 Å². The van der Waals surface area contributed by atoms with Gasteiger partial charge in [-0.05, 0) is 42.0 Å². The number of anilines is 2. The maximum Gasteiger partial charge on any atom is 0.307 e. The molecule has 0 aliphatic rings. The minimum Gasteiger partial charge on any atom is -0.481 e. The lowest BCUT2D eigenvalue weighted by atomic mass is 10.1. The van der Waals surface area contributed by atoms with Gasteiger partial charge in [0.25, 0.3) is 0 Å². The lowest BCUT2D eigenvalue weighted by Gasteiger charge is -2.15. The zero-order valence-corrected chi connectivity index (χ0v) is 15.6. The number of carbonyl (C=O) groups is 1. The van der Waals surface area contributed by atoms with Gasteiger partial charge in [-0.25, -0.2) is 9.97 Å². The second-order valence-corrected chi connectivity index (χ2v) is 6.71. The monoisotopic (exact) mass is 367 g/mol. The summed E-state index contributed by atoms with van der Waals surface area (Å²) in [5, 5.41) is 16.3. The van der Waals surface area contributed by atoms with E-state index >= 15 is 0 Å². The van der Waals surface area contributed by atoms with Gasteiger partial charge < -0.3 is 10.4 Å². The summed E-state index contributed by atoms with van der Waals surface area (Å²) in [5.74, 6) is 0.708. The molecule has 0 unspecified atom stereocenters. The summed E-state index contributed by atoms with van der Waals surface area (Å²) in [5.41, 5.74) is 4.84. The molecular weight excluding hydrogens is 346 g/mol. The van der Waals surface area contributed by atoms with E-state index < -0.39 is 5.97 Å². The Bertz CT molecular complexity index is 890. The van der Waals surface area contributed by atoms with Crippen molar-refractivity contribution in [3.05, 3.63) is 57.9 Å². The fourth-order valence-electron chi connectivity index (χ4n) is 2.84. The van der Waals surface area contributed by atoms with Crippen LogP contribution in [0.1, 0.15) is 30.7 Å². The summed E-state index contributed by atoms with van der Waals surface area (Å²) < 4.78 is 0. The second-order valence-electron chi connectivity index (χ2n) is 5.93. The molecule has 0 atom stereocenters. The number of aliphatic carboxylic acids is 1. The quantitative estimate of drug-likeness (QED) is 0.633. The van der Waals surface area contributed by atoms with Gasteiger partial charge in [-0.1, -0.05) is 26.0 Å². The first kappa shape index (κ1) is 18.1. The SMILES string of the molecule is CCc1nc(-c2ccsc2)nc(Nc2ccc(CC(=O)O)cc2)c1CC. The number of benzene rings is 1. The van der Waals surface area contributed by atoms with Crippen molar-refractivity contribution >= 4 is 28.8 Å². The molecule has 2 heterocycles. The first-order valence-electron chi connectivity index (χ1n) is 8.60. The molecule has 2 N–H and O–H groups in total. The topological polar surface area (TPSA) is 75.1 Å². The average molecular weight is 367 g/mol. The van der Waals surface area contributed by atoms with Crippen LogP contribution in [-0.2, 0) is 24.1 Å². The molecule has 0 aliphatic heterocycles. The number of hydrogen-bond donors (Lipinski definition) is 2. The number of hydrogen-bond acceptors (Lipinski definition) is 5. The van der Waals surface area contributed by atoms with E-state index in [9.17, 15) is 4.79 Å². The van der Waals surface area contributed by atoms with Crippen molar-refractivity contribution in [1.29, 1.82) is 0 Å². The number of carboxylic acid groups (broad SMARTS) is 1. The van der Waals surface area contributed by atoms with Gasteiger partial charge in [0.1, 0.15) is 5.82 Å². The molecule has 0 saturated carbocycles. The number of rotatable bonds is 7. The van der Waals surface area contributed by atoms with E-state index in [4.69, 9.17) is 15.1 Å². The van der Waals surface area contributed by atoms with Gasteiger partial charge in [-0.15, -0.1) is 0 Å². The molecule has 0 bridgehead atoms. The molecule has 3 rings (SSSR count). The third-order valence-corrected chi connectivity index (χ3v) is 4.82. The predicted molar refractivity (Wildman–Crippen MR) is 105 cm³/mol. The molecule has 0 aliphatic carbocycles. The van der Waals surface area contributed by atoms with Crippen LogP contribution in [-0.4, -0.2) is 21.0 Å². The molecule has 5 nitrogen and oxygen atoms in total. The van der Waals surface area contributed by atoms with Gasteiger partial charge in [0.15, 0.2) is 5.82 Å². The summed E-state index contributed by atoms with van der Waals surface area (Å²) in [7, 11) is 0. The van der Waals surface area contributed by atoms with Crippen molar-refractivity contribution in [3.63, 3.8) is 0 Å². The molecule has 0 radical (unpaired) electrons. The molecule has 6 heteroatoms. The maximum atomic E-state index is 10.8. The van der Waals surface area contributed by atoms with Crippen LogP contribution in [0, 0.1) is 0 Å². The van der Waals surface area contributed by atoms with Gasteiger partial charge in [-0.2, -0.15) is 11.3 Å². The smallest absolute Gasteiger partial charge is 0.307 e. The van der Waals surface area contributed by atoms with Crippen LogP contribution >= 0.6 is 11.3 Å². The van der Waals surface area contributed by atoms with Crippen LogP contribution in [0.4, 0.5) is 11.5 Å². The summed E-state index contributed by atoms with van der Waals surface area (Å²) in [4.78, 5) is 20.3. The molecule has 2 aromatic heterocycles. The Kier molecular flexibility index (Phi) is 5.63. The van der Waals surface area contributed by atoms with Crippen LogP contribution in [0.25, 0.3) is 11.4 Å². The van der Waals surface area contributed by atoms with Crippen LogP contribution in [0.15, 0.2) is 41.1 Å². The third kappa shape index (κ3) is 4.08. The van der Waals surface area contributed by atoms with E-state index in [1.807, 2.05) is 41.1 Å². The Morgan fingerprint density at radius 2 is 1.88 bits per heavy atom. The van der Waals surface area contributed by atoms with Crippen LogP contribution < -0.4 is 5.32 Å². The van der Waals surface area contributed by atoms with Crippen molar-refractivity contribution in [1.82, 2.24) is 9.97 Å². The van der Waals surface area contributed by atoms with Gasteiger partial charge in [0.2, 0.25) is 0 Å². The van der Waals surface area contributed by atoms with E-state index in [-0.39, 0.29) is 6.42 Å². The highest BCUT2D eigenvalue weighted by Gasteiger charge is 2.14. The Morgan fingerprint density at radius 1 is 1.12 bits per heavy atom. The Morgan fingerprint density at radius 3 is 2.46 bits per heavy atom. The van der Waals surface area contributed by atoms with Gasteiger partial charge in [0, 0.05) is 27.9 Å². The minimum atomic E-state index is -0.831. The molecule has 0 fully saturated rings. The fraction of sp³-hybridized carbons (Fsp3) is 0.250. The zero-order valence-electron chi connectivity index (χ0n) is 14.8.